The summed E-state index contributed by atoms with van der Waals surface area (Å²) in [7, 11) is 0. The smallest absolute Gasteiger partial charge is 0.221 e. The highest BCUT2D eigenvalue weighted by molar-refractivity contribution is 5.76. The molecule has 4 nitrogen and oxygen atoms in total. The van der Waals surface area contributed by atoms with Crippen LogP contribution in [0.15, 0.2) is 0 Å². The molecule has 0 spiro atoms. The lowest BCUT2D eigenvalue weighted by molar-refractivity contribution is -0.121. The number of nitrogens with one attached hydrogen (secondary N) is 2. The van der Waals surface area contributed by atoms with Crippen LogP contribution in [0.3, 0.4) is 0 Å². The molecule has 0 saturated carbocycles. The maximum Gasteiger partial charge on any atom is 0.221 e. The molecule has 2 N–H and O–H groups in total. The molecule has 4 heteroatoms. The summed E-state index contributed by atoms with van der Waals surface area (Å²) < 4.78 is 0. The summed E-state index contributed by atoms with van der Waals surface area (Å²) in [6, 6.07) is 0.276. The van der Waals surface area contributed by atoms with E-state index in [1.165, 1.54) is 25.9 Å². The molecular weight excluding hydrogens is 214 g/mol. The van der Waals surface area contributed by atoms with E-state index in [0.29, 0.717) is 6.42 Å². The molecule has 0 bridgehead atoms. The Bertz CT molecular complexity index is 215. The Morgan fingerprint density at radius 1 is 1.35 bits per heavy atom. The topological polar surface area (TPSA) is 44.4 Å². The number of carbonyl (C=O) groups excluding carboxylic acids is 1. The summed E-state index contributed by atoms with van der Waals surface area (Å²) in [5, 5.41) is 6.23. The minimum absolute atomic E-state index is 0.167. The number of rotatable bonds is 8. The number of nitrogens with zero attached hydrogens (tertiary/aromatic N) is 1. The van der Waals surface area contributed by atoms with Gasteiger partial charge in [0.1, 0.15) is 0 Å². The van der Waals surface area contributed by atoms with Crippen LogP contribution in [0.4, 0.5) is 0 Å². The summed E-state index contributed by atoms with van der Waals surface area (Å²) in [4.78, 5) is 14.0. The van der Waals surface area contributed by atoms with Crippen molar-refractivity contribution in [2.24, 2.45) is 0 Å². The van der Waals surface area contributed by atoms with Gasteiger partial charge in [0.15, 0.2) is 0 Å². The molecule has 1 unspecified atom stereocenters. The van der Waals surface area contributed by atoms with Crippen molar-refractivity contribution in [3.63, 3.8) is 0 Å². The number of carbonyl (C=O) groups is 1. The van der Waals surface area contributed by atoms with Crippen molar-refractivity contribution in [1.82, 2.24) is 15.5 Å². The first-order valence-corrected chi connectivity index (χ1v) is 6.94. The van der Waals surface area contributed by atoms with Crippen LogP contribution in [0.5, 0.6) is 0 Å². The van der Waals surface area contributed by atoms with E-state index in [1.54, 1.807) is 0 Å². The average molecular weight is 241 g/mol. The molecule has 0 aliphatic carbocycles. The second kappa shape index (κ2) is 8.48. The Morgan fingerprint density at radius 2 is 2.06 bits per heavy atom. The van der Waals surface area contributed by atoms with Gasteiger partial charge in [0.2, 0.25) is 5.91 Å². The molecule has 1 aliphatic rings. The Labute approximate surface area is 105 Å². The third-order valence-electron chi connectivity index (χ3n) is 3.22. The summed E-state index contributed by atoms with van der Waals surface area (Å²) in [6.45, 7) is 9.45. The fraction of sp³-hybridized carbons (Fsp3) is 0.923. The van der Waals surface area contributed by atoms with Gasteiger partial charge in [0.05, 0.1) is 0 Å². The van der Waals surface area contributed by atoms with Gasteiger partial charge in [0.25, 0.3) is 0 Å². The SMILES string of the molecule is CCNC(C)CC(=O)NCCCN1CCCC1. The second-order valence-electron chi connectivity index (χ2n) is 4.92. The monoisotopic (exact) mass is 241 g/mol. The van der Waals surface area contributed by atoms with Gasteiger partial charge in [-0.2, -0.15) is 0 Å². The molecule has 0 aromatic carbocycles. The zero-order chi connectivity index (χ0) is 12.5. The standard InChI is InChI=1S/C13H27N3O/c1-3-14-12(2)11-13(17)15-7-6-10-16-8-4-5-9-16/h12,14H,3-11H2,1-2H3,(H,15,17). The molecule has 1 heterocycles. The van der Waals surface area contributed by atoms with Crippen LogP contribution in [0.2, 0.25) is 0 Å². The Kier molecular flexibility index (Phi) is 7.21. The molecule has 1 rings (SSSR count). The van der Waals surface area contributed by atoms with Crippen LogP contribution in [0, 0.1) is 0 Å². The highest BCUT2D eigenvalue weighted by Crippen LogP contribution is 2.06. The van der Waals surface area contributed by atoms with Crippen molar-refractivity contribution in [3.8, 4) is 0 Å². The van der Waals surface area contributed by atoms with Gasteiger partial charge >= 0.3 is 0 Å². The van der Waals surface area contributed by atoms with Crippen molar-refractivity contribution >= 4 is 5.91 Å². The fourth-order valence-corrected chi connectivity index (χ4v) is 2.31. The summed E-state index contributed by atoms with van der Waals surface area (Å²) in [5.74, 6) is 0.167. The van der Waals surface area contributed by atoms with Crippen molar-refractivity contribution in [1.29, 1.82) is 0 Å². The van der Waals surface area contributed by atoms with Gasteiger partial charge in [-0.3, -0.25) is 4.79 Å². The zero-order valence-electron chi connectivity index (χ0n) is 11.3. The Balaban J connectivity index is 1.95. The number of likely N-dealkylation sites (tertiary alicyclic amines) is 1. The minimum atomic E-state index is 0.167. The lowest BCUT2D eigenvalue weighted by Gasteiger charge is -2.15. The van der Waals surface area contributed by atoms with Crippen LogP contribution in [0.25, 0.3) is 0 Å². The molecule has 17 heavy (non-hydrogen) atoms. The number of amides is 1. The van der Waals surface area contributed by atoms with Gasteiger partial charge in [-0.25, -0.2) is 0 Å². The van der Waals surface area contributed by atoms with Gasteiger partial charge in [0, 0.05) is 19.0 Å². The Hall–Kier alpha value is -0.610. The van der Waals surface area contributed by atoms with E-state index >= 15 is 0 Å². The van der Waals surface area contributed by atoms with Crippen molar-refractivity contribution in [2.75, 3.05) is 32.7 Å². The first-order chi connectivity index (χ1) is 8.22. The maximum atomic E-state index is 11.6. The van der Waals surface area contributed by atoms with E-state index in [0.717, 1.165) is 26.1 Å². The molecule has 1 fully saturated rings. The first kappa shape index (κ1) is 14.5. The third kappa shape index (κ3) is 6.64. The highest BCUT2D eigenvalue weighted by atomic mass is 16.1. The number of hydrogen-bond acceptors (Lipinski definition) is 3. The zero-order valence-corrected chi connectivity index (χ0v) is 11.3. The number of hydrogen-bond donors (Lipinski definition) is 2. The maximum absolute atomic E-state index is 11.6. The molecule has 0 aromatic rings. The summed E-state index contributed by atoms with van der Waals surface area (Å²) >= 11 is 0. The molecule has 1 aliphatic heterocycles. The van der Waals surface area contributed by atoms with Gasteiger partial charge in [-0.15, -0.1) is 0 Å². The van der Waals surface area contributed by atoms with Crippen molar-refractivity contribution < 1.29 is 4.79 Å². The van der Waals surface area contributed by atoms with Crippen LogP contribution < -0.4 is 10.6 Å². The molecular formula is C13H27N3O. The van der Waals surface area contributed by atoms with Crippen LogP contribution >= 0.6 is 0 Å². The lowest BCUT2D eigenvalue weighted by atomic mass is 10.2. The van der Waals surface area contributed by atoms with Crippen LogP contribution in [0.1, 0.15) is 39.5 Å². The first-order valence-electron chi connectivity index (χ1n) is 6.94. The summed E-state index contributed by atoms with van der Waals surface area (Å²) in [5.41, 5.74) is 0. The third-order valence-corrected chi connectivity index (χ3v) is 3.22. The van der Waals surface area contributed by atoms with E-state index in [9.17, 15) is 4.79 Å². The summed E-state index contributed by atoms with van der Waals surface area (Å²) in [6.07, 6.45) is 4.33. The molecule has 100 valence electrons. The van der Waals surface area contributed by atoms with Crippen LogP contribution in [-0.4, -0.2) is 49.6 Å². The van der Waals surface area contributed by atoms with Crippen LogP contribution in [-0.2, 0) is 4.79 Å². The van der Waals surface area contributed by atoms with E-state index in [2.05, 4.69) is 22.5 Å². The normalized spacial score (nSPS) is 18.2. The molecule has 1 atom stereocenters. The van der Waals surface area contributed by atoms with E-state index in [-0.39, 0.29) is 11.9 Å². The molecule has 1 saturated heterocycles. The highest BCUT2D eigenvalue weighted by Gasteiger charge is 2.11. The van der Waals surface area contributed by atoms with Gasteiger partial charge < -0.3 is 15.5 Å². The van der Waals surface area contributed by atoms with Crippen molar-refractivity contribution in [3.05, 3.63) is 0 Å². The van der Waals surface area contributed by atoms with E-state index < -0.39 is 0 Å². The second-order valence-corrected chi connectivity index (χ2v) is 4.92. The molecule has 0 aromatic heterocycles. The van der Waals surface area contributed by atoms with Gasteiger partial charge in [-0.05, 0) is 52.4 Å². The van der Waals surface area contributed by atoms with Crippen molar-refractivity contribution in [2.45, 2.75) is 45.6 Å². The largest absolute Gasteiger partial charge is 0.356 e. The molecule has 0 radical (unpaired) electrons. The Morgan fingerprint density at radius 3 is 2.71 bits per heavy atom. The molecule has 1 amide bonds. The lowest BCUT2D eigenvalue weighted by Crippen LogP contribution is -2.34. The van der Waals surface area contributed by atoms with E-state index in [1.807, 2.05) is 6.92 Å². The van der Waals surface area contributed by atoms with E-state index in [4.69, 9.17) is 0 Å². The van der Waals surface area contributed by atoms with Gasteiger partial charge in [-0.1, -0.05) is 6.92 Å². The predicted molar refractivity (Wildman–Crippen MR) is 71.1 cm³/mol. The predicted octanol–water partition coefficient (Wildman–Crippen LogP) is 0.977. The fourth-order valence-electron chi connectivity index (χ4n) is 2.31. The quantitative estimate of drug-likeness (QED) is 0.623. The minimum Gasteiger partial charge on any atom is -0.356 e. The average Bonchev–Trinajstić information content (AvgIpc) is 2.77.